The number of hydrogen-bond donors (Lipinski definition) is 3. The number of nitrogens with one attached hydrogen (secondary N) is 3. The summed E-state index contributed by atoms with van der Waals surface area (Å²) in [6, 6.07) is 5.88. The zero-order valence-electron chi connectivity index (χ0n) is 10.7. The average molecular weight is 333 g/mol. The predicted octanol–water partition coefficient (Wildman–Crippen LogP) is 2.14. The van der Waals surface area contributed by atoms with Crippen LogP contribution in [-0.4, -0.2) is 22.3 Å². The maximum atomic E-state index is 12.6. The fraction of sp³-hybridized carbons (Fsp3) is 0.0833. The Labute approximate surface area is 126 Å². The van der Waals surface area contributed by atoms with E-state index in [1.54, 1.807) is 16.3 Å². The van der Waals surface area contributed by atoms with Gasteiger partial charge in [-0.25, -0.2) is 5.43 Å². The topological polar surface area (TPSA) is 90.1 Å². The van der Waals surface area contributed by atoms with Crippen LogP contribution in [0, 0.1) is 0 Å². The molecule has 0 aliphatic heterocycles. The van der Waals surface area contributed by atoms with E-state index in [0.717, 1.165) is 0 Å². The molecule has 0 saturated heterocycles. The lowest BCUT2D eigenvalue weighted by atomic mass is 10.2. The van der Waals surface area contributed by atoms with Crippen molar-refractivity contribution in [1.82, 2.24) is 15.6 Å². The van der Waals surface area contributed by atoms with Crippen LogP contribution in [0.4, 0.5) is 13.2 Å². The molecular formula is C12H8ClF3N4O2. The highest BCUT2D eigenvalue weighted by molar-refractivity contribution is 6.30. The third-order valence-corrected chi connectivity index (χ3v) is 2.78. The number of rotatable bonds is 3. The molecule has 0 radical (unpaired) electrons. The number of aromatic nitrogens is 2. The molecule has 2 aromatic rings. The van der Waals surface area contributed by atoms with Crippen LogP contribution in [0.5, 0.6) is 0 Å². The van der Waals surface area contributed by atoms with E-state index in [9.17, 15) is 22.8 Å². The maximum absolute atomic E-state index is 12.6. The van der Waals surface area contributed by atoms with Crippen molar-refractivity contribution in [1.29, 1.82) is 0 Å². The minimum Gasteiger partial charge on any atom is -0.293 e. The van der Waals surface area contributed by atoms with E-state index in [1.807, 2.05) is 5.43 Å². The average Bonchev–Trinajstić information content (AvgIpc) is 2.80. The fourth-order valence-corrected chi connectivity index (χ4v) is 1.75. The van der Waals surface area contributed by atoms with E-state index in [1.165, 1.54) is 18.2 Å². The van der Waals surface area contributed by atoms with Gasteiger partial charge in [-0.1, -0.05) is 17.7 Å². The van der Waals surface area contributed by atoms with Gasteiger partial charge in [-0.3, -0.25) is 19.8 Å². The largest absolute Gasteiger partial charge is 0.433 e. The summed E-state index contributed by atoms with van der Waals surface area (Å²) < 4.78 is 37.8. The van der Waals surface area contributed by atoms with Crippen molar-refractivity contribution >= 4 is 23.7 Å². The fourth-order valence-electron chi connectivity index (χ4n) is 1.56. The first kappa shape index (κ1) is 15.8. The van der Waals surface area contributed by atoms with Gasteiger partial charge >= 0.3 is 6.18 Å². The Morgan fingerprint density at radius 1 is 1.32 bits per heavy atom. The first-order valence-corrected chi connectivity index (χ1v) is 6.13. The molecule has 0 bridgehead atoms. The molecule has 10 heteroatoms. The molecule has 0 fully saturated rings. The summed E-state index contributed by atoms with van der Waals surface area (Å²) in [5.41, 5.74) is -0.845. The van der Waals surface area contributed by atoms with Gasteiger partial charge in [-0.15, -0.1) is 0 Å². The summed E-state index contributed by atoms with van der Waals surface area (Å²) in [6.07, 6.45) is -4.14. The third kappa shape index (κ3) is 3.55. The number of benzene rings is 1. The highest BCUT2D eigenvalue weighted by Crippen LogP contribution is 2.28. The molecule has 0 atom stereocenters. The standard InChI is InChI=1S/C12H8ClF3N4O2/c13-7-3-1-2-6(4-7)10(21)19-17-5-8-9(12(14,15)16)18-20-11(8)22/h1-5H,(H,19,21)(H2,18,20,22)/b17-5-. The molecule has 22 heavy (non-hydrogen) atoms. The Hall–Kier alpha value is -2.55. The maximum Gasteiger partial charge on any atom is 0.433 e. The second-order valence-electron chi connectivity index (χ2n) is 4.08. The molecular weight excluding hydrogens is 325 g/mol. The first-order valence-electron chi connectivity index (χ1n) is 5.76. The summed E-state index contributed by atoms with van der Waals surface area (Å²) >= 11 is 5.70. The Bertz CT molecular complexity index is 779. The second-order valence-corrected chi connectivity index (χ2v) is 4.51. The summed E-state index contributed by atoms with van der Waals surface area (Å²) in [7, 11) is 0. The number of aromatic amines is 2. The molecule has 1 amide bonds. The summed E-state index contributed by atoms with van der Waals surface area (Å²) in [5, 5.41) is 7.17. The van der Waals surface area contributed by atoms with Crippen molar-refractivity contribution in [2.24, 2.45) is 5.10 Å². The number of alkyl halides is 3. The summed E-state index contributed by atoms with van der Waals surface area (Å²) in [6.45, 7) is 0. The van der Waals surface area contributed by atoms with Crippen LogP contribution in [-0.2, 0) is 6.18 Å². The lowest BCUT2D eigenvalue weighted by Gasteiger charge is -2.03. The Morgan fingerprint density at radius 3 is 2.68 bits per heavy atom. The van der Waals surface area contributed by atoms with Crippen LogP contribution < -0.4 is 11.0 Å². The molecule has 0 aliphatic carbocycles. The SMILES string of the molecule is O=C(N/N=C\c1c(C(F)(F)F)[nH][nH]c1=O)c1cccc(Cl)c1. The van der Waals surface area contributed by atoms with Gasteiger partial charge in [-0.05, 0) is 18.2 Å². The number of amides is 1. The molecule has 0 saturated carbocycles. The molecule has 1 aromatic carbocycles. The Kier molecular flexibility index (Phi) is 4.36. The zero-order valence-corrected chi connectivity index (χ0v) is 11.4. The molecule has 6 nitrogen and oxygen atoms in total. The number of nitrogens with zero attached hydrogens (tertiary/aromatic N) is 1. The third-order valence-electron chi connectivity index (χ3n) is 2.55. The van der Waals surface area contributed by atoms with E-state index in [4.69, 9.17) is 11.6 Å². The van der Waals surface area contributed by atoms with E-state index < -0.39 is 28.9 Å². The van der Waals surface area contributed by atoms with Gasteiger partial charge in [-0.2, -0.15) is 18.3 Å². The van der Waals surface area contributed by atoms with Gasteiger partial charge in [0.05, 0.1) is 11.8 Å². The molecule has 1 aromatic heterocycles. The lowest BCUT2D eigenvalue weighted by Crippen LogP contribution is -2.19. The predicted molar refractivity (Wildman–Crippen MR) is 72.9 cm³/mol. The minimum atomic E-state index is -4.75. The molecule has 0 aliphatic rings. The van der Waals surface area contributed by atoms with Gasteiger partial charge in [0.25, 0.3) is 11.5 Å². The molecule has 0 unspecified atom stereocenters. The second kappa shape index (κ2) is 6.06. The quantitative estimate of drug-likeness (QED) is 0.593. The van der Waals surface area contributed by atoms with Crippen LogP contribution in [0.2, 0.25) is 5.02 Å². The first-order chi connectivity index (χ1) is 10.3. The van der Waals surface area contributed by atoms with E-state index in [-0.39, 0.29) is 5.56 Å². The molecule has 1 heterocycles. The molecule has 0 spiro atoms. The Balaban J connectivity index is 2.15. The van der Waals surface area contributed by atoms with E-state index >= 15 is 0 Å². The van der Waals surface area contributed by atoms with Crippen molar-refractivity contribution in [2.45, 2.75) is 6.18 Å². The number of halogens is 4. The monoisotopic (exact) mass is 332 g/mol. The van der Waals surface area contributed by atoms with E-state index in [0.29, 0.717) is 11.2 Å². The van der Waals surface area contributed by atoms with Crippen molar-refractivity contribution in [3.8, 4) is 0 Å². The number of carbonyl (C=O) groups excluding carboxylic acids is 1. The van der Waals surface area contributed by atoms with E-state index in [2.05, 4.69) is 5.10 Å². The number of hydrogen-bond acceptors (Lipinski definition) is 3. The normalized spacial score (nSPS) is 11.8. The van der Waals surface area contributed by atoms with Crippen LogP contribution in [0.3, 0.4) is 0 Å². The van der Waals surface area contributed by atoms with Gasteiger partial charge in [0.15, 0.2) is 5.69 Å². The van der Waals surface area contributed by atoms with Crippen LogP contribution in [0.15, 0.2) is 34.2 Å². The van der Waals surface area contributed by atoms with Crippen molar-refractivity contribution in [3.63, 3.8) is 0 Å². The van der Waals surface area contributed by atoms with Crippen LogP contribution >= 0.6 is 11.6 Å². The van der Waals surface area contributed by atoms with Crippen molar-refractivity contribution in [3.05, 3.63) is 56.5 Å². The summed E-state index contributed by atoms with van der Waals surface area (Å²) in [4.78, 5) is 23.0. The van der Waals surface area contributed by atoms with Gasteiger partial charge in [0.1, 0.15) is 0 Å². The zero-order chi connectivity index (χ0) is 16.3. The highest BCUT2D eigenvalue weighted by Gasteiger charge is 2.36. The van der Waals surface area contributed by atoms with Gasteiger partial charge in [0.2, 0.25) is 0 Å². The Morgan fingerprint density at radius 2 is 2.05 bits per heavy atom. The molecule has 2 rings (SSSR count). The lowest BCUT2D eigenvalue weighted by molar-refractivity contribution is -0.141. The molecule has 116 valence electrons. The number of hydrazone groups is 1. The van der Waals surface area contributed by atoms with Crippen LogP contribution in [0.1, 0.15) is 21.6 Å². The smallest absolute Gasteiger partial charge is 0.293 e. The van der Waals surface area contributed by atoms with Crippen LogP contribution in [0.25, 0.3) is 0 Å². The van der Waals surface area contributed by atoms with Crippen molar-refractivity contribution < 1.29 is 18.0 Å². The van der Waals surface area contributed by atoms with Gasteiger partial charge < -0.3 is 0 Å². The summed E-state index contributed by atoms with van der Waals surface area (Å²) in [5.74, 6) is -0.681. The number of carbonyl (C=O) groups is 1. The minimum absolute atomic E-state index is 0.170. The van der Waals surface area contributed by atoms with Crippen molar-refractivity contribution in [2.75, 3.05) is 0 Å². The van der Waals surface area contributed by atoms with Gasteiger partial charge in [0, 0.05) is 10.6 Å². The number of H-pyrrole nitrogens is 2. The molecule has 3 N–H and O–H groups in total. The highest BCUT2D eigenvalue weighted by atomic mass is 35.5.